The zero-order valence-corrected chi connectivity index (χ0v) is 26.6. The minimum atomic E-state index is -0.110. The van der Waals surface area contributed by atoms with Gasteiger partial charge in [-0.3, -0.25) is 0 Å². The molecule has 47 heavy (non-hydrogen) atoms. The summed E-state index contributed by atoms with van der Waals surface area (Å²) in [7, 11) is 0. The summed E-state index contributed by atoms with van der Waals surface area (Å²) >= 11 is 0. The highest BCUT2D eigenvalue weighted by molar-refractivity contribution is 6.25. The summed E-state index contributed by atoms with van der Waals surface area (Å²) in [6.45, 7) is 4.82. The molecule has 0 radical (unpaired) electrons. The zero-order chi connectivity index (χ0) is 31.0. The zero-order valence-electron chi connectivity index (χ0n) is 26.6. The average Bonchev–Trinajstić information content (AvgIpc) is 3.34. The Morgan fingerprint density at radius 2 is 0.851 bits per heavy atom. The van der Waals surface area contributed by atoms with E-state index in [-0.39, 0.29) is 5.41 Å². The molecule has 0 saturated carbocycles. The lowest BCUT2D eigenvalue weighted by atomic mass is 9.80. The summed E-state index contributed by atoms with van der Waals surface area (Å²) < 4.78 is 0. The molecule has 0 heteroatoms. The van der Waals surface area contributed by atoms with E-state index < -0.39 is 0 Å². The second-order valence-corrected chi connectivity index (χ2v) is 14.4. The fourth-order valence-corrected chi connectivity index (χ4v) is 9.37. The molecule has 0 saturated heterocycles. The number of benzene rings is 9. The van der Waals surface area contributed by atoms with Crippen LogP contribution in [0.25, 0.3) is 87.2 Å². The first-order valence-corrected chi connectivity index (χ1v) is 17.0. The number of rotatable bonds is 2. The maximum atomic E-state index is 2.49. The Morgan fingerprint density at radius 1 is 0.383 bits per heavy atom. The van der Waals surface area contributed by atoms with Gasteiger partial charge in [-0.15, -0.1) is 0 Å². The first kappa shape index (κ1) is 25.7. The van der Waals surface area contributed by atoms with Gasteiger partial charge in [0.25, 0.3) is 0 Å². The van der Waals surface area contributed by atoms with Crippen molar-refractivity contribution in [2.45, 2.75) is 32.1 Å². The number of aryl methyl sites for hydroxylation is 2. The molecular weight excluding hydrogens is 565 g/mol. The summed E-state index contributed by atoms with van der Waals surface area (Å²) in [6.07, 6.45) is 2.25. The third kappa shape index (κ3) is 3.33. The molecule has 0 nitrogen and oxygen atoms in total. The van der Waals surface area contributed by atoms with Gasteiger partial charge in [0.15, 0.2) is 0 Å². The van der Waals surface area contributed by atoms with Crippen molar-refractivity contribution in [3.05, 3.63) is 156 Å². The van der Waals surface area contributed by atoms with Crippen LogP contribution in [-0.4, -0.2) is 0 Å². The van der Waals surface area contributed by atoms with E-state index >= 15 is 0 Å². The number of hydrogen-bond donors (Lipinski definition) is 0. The summed E-state index contributed by atoms with van der Waals surface area (Å²) in [4.78, 5) is 0. The van der Waals surface area contributed by atoms with E-state index in [4.69, 9.17) is 0 Å². The fourth-order valence-electron chi connectivity index (χ4n) is 9.37. The molecule has 0 amide bonds. The van der Waals surface area contributed by atoms with E-state index in [2.05, 4.69) is 147 Å². The van der Waals surface area contributed by atoms with Crippen LogP contribution in [0.2, 0.25) is 0 Å². The van der Waals surface area contributed by atoms with E-state index in [1.54, 1.807) is 0 Å². The van der Waals surface area contributed by atoms with Crippen molar-refractivity contribution in [3.63, 3.8) is 0 Å². The van der Waals surface area contributed by atoms with Gasteiger partial charge in [-0.05, 0) is 134 Å². The van der Waals surface area contributed by atoms with Gasteiger partial charge in [0.2, 0.25) is 0 Å². The standard InChI is InChI=1S/C47H32/c1-47(2)41-25-33(35-19-13-31-11-9-27-5-3-7-29-15-23-39(35)45(31)43(27)29)17-21-37(41)38-22-18-34(26-42(38)47)36-20-14-32-12-10-28-6-4-8-30-16-24-40(36)46(32)44(28)30/h3-9,11,13-26H,10,12H2,1-2H3. The molecule has 0 spiro atoms. The molecule has 0 fully saturated rings. The summed E-state index contributed by atoms with van der Waals surface area (Å²) in [6, 6.07) is 51.1. The molecule has 9 aromatic rings. The second kappa shape index (κ2) is 8.87. The first-order chi connectivity index (χ1) is 23.0. The molecule has 2 aliphatic carbocycles. The van der Waals surface area contributed by atoms with Crippen LogP contribution in [0.3, 0.4) is 0 Å². The second-order valence-electron chi connectivity index (χ2n) is 14.4. The van der Waals surface area contributed by atoms with Gasteiger partial charge in [0.1, 0.15) is 0 Å². The van der Waals surface area contributed by atoms with Crippen LogP contribution in [0.15, 0.2) is 133 Å². The van der Waals surface area contributed by atoms with E-state index in [0.717, 1.165) is 12.8 Å². The van der Waals surface area contributed by atoms with Crippen molar-refractivity contribution < 1.29 is 0 Å². The Bertz CT molecular complexity index is 2790. The lowest BCUT2D eigenvalue weighted by molar-refractivity contribution is 0.661. The predicted molar refractivity (Wildman–Crippen MR) is 201 cm³/mol. The van der Waals surface area contributed by atoms with Gasteiger partial charge in [-0.25, -0.2) is 0 Å². The van der Waals surface area contributed by atoms with Gasteiger partial charge >= 0.3 is 0 Å². The molecule has 0 bridgehead atoms. The van der Waals surface area contributed by atoms with Gasteiger partial charge in [-0.2, -0.15) is 0 Å². The van der Waals surface area contributed by atoms with E-state index in [1.807, 2.05) is 0 Å². The monoisotopic (exact) mass is 596 g/mol. The SMILES string of the molecule is CC1(C)c2cc(-c3ccc4c5c3ccc3cccc(c35)CC4)ccc2-c2ccc(-c3ccc4ccc5cccc6ccc3c4c56)cc21. The van der Waals surface area contributed by atoms with Crippen LogP contribution in [0, 0.1) is 0 Å². The average molecular weight is 597 g/mol. The molecule has 0 N–H and O–H groups in total. The van der Waals surface area contributed by atoms with Crippen LogP contribution in [0.1, 0.15) is 36.1 Å². The van der Waals surface area contributed by atoms with Crippen molar-refractivity contribution in [3.8, 4) is 33.4 Å². The Balaban J connectivity index is 1.07. The molecule has 0 atom stereocenters. The molecule has 2 aliphatic rings. The third-order valence-corrected chi connectivity index (χ3v) is 11.7. The highest BCUT2D eigenvalue weighted by Gasteiger charge is 2.36. The minimum absolute atomic E-state index is 0.110. The van der Waals surface area contributed by atoms with Gasteiger partial charge < -0.3 is 0 Å². The smallest absolute Gasteiger partial charge is 0.0159 e. The Labute approximate surface area is 274 Å². The normalized spacial score (nSPS) is 14.6. The highest BCUT2D eigenvalue weighted by atomic mass is 14.4. The Hall–Kier alpha value is -5.46. The van der Waals surface area contributed by atoms with Gasteiger partial charge in [0, 0.05) is 5.41 Å². The van der Waals surface area contributed by atoms with Crippen LogP contribution in [0.5, 0.6) is 0 Å². The summed E-state index contributed by atoms with van der Waals surface area (Å²) in [5.74, 6) is 0. The van der Waals surface area contributed by atoms with Crippen LogP contribution in [0.4, 0.5) is 0 Å². The largest absolute Gasteiger partial charge is 0.0614 e. The molecule has 0 aliphatic heterocycles. The van der Waals surface area contributed by atoms with Crippen LogP contribution in [-0.2, 0) is 18.3 Å². The topological polar surface area (TPSA) is 0 Å². The molecule has 220 valence electrons. The molecule has 0 unspecified atom stereocenters. The summed E-state index contributed by atoms with van der Waals surface area (Å²) in [5.41, 5.74) is 13.7. The van der Waals surface area contributed by atoms with Crippen molar-refractivity contribution in [1.82, 2.24) is 0 Å². The molecule has 9 aromatic carbocycles. The van der Waals surface area contributed by atoms with E-state index in [9.17, 15) is 0 Å². The Kier molecular flexibility index (Phi) is 4.85. The third-order valence-electron chi connectivity index (χ3n) is 11.7. The molecule has 11 rings (SSSR count). The fraction of sp³-hybridized carbons (Fsp3) is 0.106. The maximum absolute atomic E-state index is 2.49. The lowest BCUT2D eigenvalue weighted by Gasteiger charge is -2.24. The summed E-state index contributed by atoms with van der Waals surface area (Å²) in [5, 5.41) is 13.7. The van der Waals surface area contributed by atoms with Crippen molar-refractivity contribution >= 4 is 53.9 Å². The molecule has 0 heterocycles. The van der Waals surface area contributed by atoms with Gasteiger partial charge in [-0.1, -0.05) is 135 Å². The van der Waals surface area contributed by atoms with E-state index in [1.165, 1.54) is 109 Å². The maximum Gasteiger partial charge on any atom is 0.0159 e. The molecular formula is C47H32. The van der Waals surface area contributed by atoms with E-state index in [0.29, 0.717) is 0 Å². The van der Waals surface area contributed by atoms with Gasteiger partial charge in [0.05, 0.1) is 0 Å². The predicted octanol–water partition coefficient (Wildman–Crippen LogP) is 12.6. The lowest BCUT2D eigenvalue weighted by Crippen LogP contribution is -2.15. The number of fused-ring (bicyclic) bond motifs is 3. The van der Waals surface area contributed by atoms with Crippen LogP contribution >= 0.6 is 0 Å². The first-order valence-electron chi connectivity index (χ1n) is 17.0. The van der Waals surface area contributed by atoms with Crippen molar-refractivity contribution in [2.75, 3.05) is 0 Å². The minimum Gasteiger partial charge on any atom is -0.0614 e. The number of hydrogen-bond acceptors (Lipinski definition) is 0. The quantitative estimate of drug-likeness (QED) is 0.174. The van der Waals surface area contributed by atoms with Crippen molar-refractivity contribution in [2.24, 2.45) is 0 Å². The highest BCUT2D eigenvalue weighted by Crippen LogP contribution is 2.52. The molecule has 0 aromatic heterocycles. The van der Waals surface area contributed by atoms with Crippen LogP contribution < -0.4 is 0 Å². The van der Waals surface area contributed by atoms with Crippen molar-refractivity contribution in [1.29, 1.82) is 0 Å². The Morgan fingerprint density at radius 3 is 1.51 bits per heavy atom.